The molecule has 2 atom stereocenters. The van der Waals surface area contributed by atoms with E-state index in [0.717, 1.165) is 25.7 Å². The average Bonchev–Trinajstić information content (AvgIpc) is 3.14. The first-order valence-corrected chi connectivity index (χ1v) is 8.32. The van der Waals surface area contributed by atoms with Gasteiger partial charge in [0.2, 0.25) is 5.91 Å². The quantitative estimate of drug-likeness (QED) is 0.754. The molecule has 0 saturated heterocycles. The second-order valence-electron chi connectivity index (χ2n) is 6.30. The maximum Gasteiger partial charge on any atom is 0.249 e. The molecule has 2 unspecified atom stereocenters. The van der Waals surface area contributed by atoms with Crippen molar-refractivity contribution in [2.24, 2.45) is 5.92 Å². The first-order valence-electron chi connectivity index (χ1n) is 8.32. The van der Waals surface area contributed by atoms with E-state index in [1.54, 1.807) is 0 Å². The van der Waals surface area contributed by atoms with Crippen LogP contribution < -0.4 is 5.32 Å². The zero-order valence-electron chi connectivity index (χ0n) is 12.6. The predicted molar refractivity (Wildman–Crippen MR) is 78.4 cm³/mol. The number of rotatable bonds is 7. The molecule has 0 bridgehead atoms. The van der Waals surface area contributed by atoms with Gasteiger partial charge < -0.3 is 15.2 Å². The molecule has 2 fully saturated rings. The Balaban J connectivity index is 1.70. The Kier molecular flexibility index (Phi) is 6.30. The van der Waals surface area contributed by atoms with E-state index in [4.69, 9.17) is 4.74 Å². The van der Waals surface area contributed by atoms with Gasteiger partial charge in [0, 0.05) is 6.54 Å². The lowest BCUT2D eigenvalue weighted by Gasteiger charge is -2.22. The van der Waals surface area contributed by atoms with Crippen molar-refractivity contribution in [3.8, 4) is 0 Å². The van der Waals surface area contributed by atoms with Gasteiger partial charge in [0.25, 0.3) is 0 Å². The fraction of sp³-hybridized carbons (Fsp3) is 0.938. The number of aliphatic hydroxyl groups excluding tert-OH is 1. The number of hydrogen-bond acceptors (Lipinski definition) is 3. The fourth-order valence-corrected chi connectivity index (χ4v) is 3.43. The molecule has 2 aliphatic carbocycles. The normalized spacial score (nSPS) is 23.9. The Morgan fingerprint density at radius 2 is 1.80 bits per heavy atom. The van der Waals surface area contributed by atoms with Crippen LogP contribution in [0.4, 0.5) is 0 Å². The first-order chi connectivity index (χ1) is 9.70. The molecule has 0 aromatic rings. The molecular formula is C16H29NO3. The number of amides is 1. The number of nitrogens with one attached hydrogen (secondary N) is 1. The summed E-state index contributed by atoms with van der Waals surface area (Å²) in [6, 6.07) is 0. The van der Waals surface area contributed by atoms with E-state index >= 15 is 0 Å². The summed E-state index contributed by atoms with van der Waals surface area (Å²) < 4.78 is 5.89. The Hall–Kier alpha value is -0.610. The minimum Gasteiger partial charge on any atom is -0.391 e. The molecule has 2 aliphatic rings. The highest BCUT2D eigenvalue weighted by Crippen LogP contribution is 2.27. The third-order valence-corrected chi connectivity index (χ3v) is 4.75. The van der Waals surface area contributed by atoms with Gasteiger partial charge in [0.1, 0.15) is 6.10 Å². The lowest BCUT2D eigenvalue weighted by atomic mass is 10.0. The van der Waals surface area contributed by atoms with Gasteiger partial charge >= 0.3 is 0 Å². The first kappa shape index (κ1) is 15.8. The molecule has 2 saturated carbocycles. The maximum atomic E-state index is 12.1. The molecule has 4 heteroatoms. The molecule has 1 amide bonds. The SMILES string of the molecule is CCC(OC1CCCC1)C(=O)NCC(O)C1CCCC1. The molecular weight excluding hydrogens is 254 g/mol. The van der Waals surface area contributed by atoms with E-state index in [2.05, 4.69) is 5.32 Å². The lowest BCUT2D eigenvalue weighted by Crippen LogP contribution is -2.42. The third-order valence-electron chi connectivity index (χ3n) is 4.75. The second kappa shape index (κ2) is 7.99. The van der Waals surface area contributed by atoms with Crippen LogP contribution in [0, 0.1) is 5.92 Å². The number of ether oxygens (including phenoxy) is 1. The van der Waals surface area contributed by atoms with Gasteiger partial charge in [-0.25, -0.2) is 0 Å². The molecule has 116 valence electrons. The third kappa shape index (κ3) is 4.45. The van der Waals surface area contributed by atoms with Crippen LogP contribution in [0.5, 0.6) is 0 Å². The molecule has 0 radical (unpaired) electrons. The second-order valence-corrected chi connectivity index (χ2v) is 6.30. The number of hydrogen-bond donors (Lipinski definition) is 2. The van der Waals surface area contributed by atoms with Crippen LogP contribution >= 0.6 is 0 Å². The summed E-state index contributed by atoms with van der Waals surface area (Å²) in [6.45, 7) is 2.35. The smallest absolute Gasteiger partial charge is 0.249 e. The van der Waals surface area contributed by atoms with Crippen molar-refractivity contribution >= 4 is 5.91 Å². The molecule has 4 nitrogen and oxygen atoms in total. The van der Waals surface area contributed by atoms with Crippen molar-refractivity contribution in [1.29, 1.82) is 0 Å². The number of aliphatic hydroxyl groups is 1. The van der Waals surface area contributed by atoms with Gasteiger partial charge in [-0.1, -0.05) is 32.6 Å². The van der Waals surface area contributed by atoms with Crippen LogP contribution in [0.1, 0.15) is 64.7 Å². The summed E-state index contributed by atoms with van der Waals surface area (Å²) in [5, 5.41) is 13.0. The monoisotopic (exact) mass is 283 g/mol. The van der Waals surface area contributed by atoms with E-state index < -0.39 is 6.10 Å². The molecule has 0 spiro atoms. The van der Waals surface area contributed by atoms with Crippen molar-refractivity contribution < 1.29 is 14.6 Å². The highest BCUT2D eigenvalue weighted by Gasteiger charge is 2.27. The largest absolute Gasteiger partial charge is 0.391 e. The minimum atomic E-state index is -0.398. The van der Waals surface area contributed by atoms with Crippen LogP contribution in [0.25, 0.3) is 0 Å². The van der Waals surface area contributed by atoms with Crippen LogP contribution in [-0.2, 0) is 9.53 Å². The van der Waals surface area contributed by atoms with Crippen LogP contribution in [0.3, 0.4) is 0 Å². The molecule has 0 heterocycles. The Labute approximate surface area is 122 Å². The van der Waals surface area contributed by atoms with E-state index in [-0.39, 0.29) is 18.1 Å². The van der Waals surface area contributed by atoms with Gasteiger partial charge in [-0.2, -0.15) is 0 Å². The van der Waals surface area contributed by atoms with Gasteiger partial charge in [-0.15, -0.1) is 0 Å². The average molecular weight is 283 g/mol. The van der Waals surface area contributed by atoms with E-state index in [1.807, 2.05) is 6.92 Å². The van der Waals surface area contributed by atoms with Crippen molar-refractivity contribution in [1.82, 2.24) is 5.32 Å². The van der Waals surface area contributed by atoms with Crippen LogP contribution in [0.2, 0.25) is 0 Å². The lowest BCUT2D eigenvalue weighted by molar-refractivity contribution is -0.137. The van der Waals surface area contributed by atoms with Gasteiger partial charge in [-0.3, -0.25) is 4.79 Å². The van der Waals surface area contributed by atoms with Crippen molar-refractivity contribution in [2.45, 2.75) is 83.0 Å². The van der Waals surface area contributed by atoms with Gasteiger partial charge in [-0.05, 0) is 38.0 Å². The Morgan fingerprint density at radius 3 is 2.40 bits per heavy atom. The van der Waals surface area contributed by atoms with Crippen molar-refractivity contribution in [3.05, 3.63) is 0 Å². The fourth-order valence-electron chi connectivity index (χ4n) is 3.43. The van der Waals surface area contributed by atoms with Crippen LogP contribution in [0.15, 0.2) is 0 Å². The van der Waals surface area contributed by atoms with E-state index in [1.165, 1.54) is 25.7 Å². The molecule has 0 aromatic carbocycles. The predicted octanol–water partition coefficient (Wildman–Crippen LogP) is 2.39. The zero-order valence-corrected chi connectivity index (χ0v) is 12.6. The molecule has 2 rings (SSSR count). The Morgan fingerprint density at radius 1 is 1.20 bits per heavy atom. The molecule has 0 aliphatic heterocycles. The Bertz CT molecular complexity index is 296. The number of carbonyl (C=O) groups is 1. The molecule has 0 aromatic heterocycles. The topological polar surface area (TPSA) is 58.6 Å². The summed E-state index contributed by atoms with van der Waals surface area (Å²) in [5.41, 5.74) is 0. The summed E-state index contributed by atoms with van der Waals surface area (Å²) in [6.07, 6.45) is 9.37. The molecule has 2 N–H and O–H groups in total. The van der Waals surface area contributed by atoms with E-state index in [0.29, 0.717) is 18.9 Å². The number of carbonyl (C=O) groups excluding carboxylic acids is 1. The van der Waals surface area contributed by atoms with Crippen molar-refractivity contribution in [3.63, 3.8) is 0 Å². The van der Waals surface area contributed by atoms with Gasteiger partial charge in [0.05, 0.1) is 12.2 Å². The van der Waals surface area contributed by atoms with Crippen molar-refractivity contribution in [2.75, 3.05) is 6.54 Å². The van der Waals surface area contributed by atoms with E-state index in [9.17, 15) is 9.90 Å². The summed E-state index contributed by atoms with van der Waals surface area (Å²) in [5.74, 6) is 0.308. The zero-order chi connectivity index (χ0) is 14.4. The molecule has 20 heavy (non-hydrogen) atoms. The summed E-state index contributed by atoms with van der Waals surface area (Å²) in [7, 11) is 0. The maximum absolute atomic E-state index is 12.1. The minimum absolute atomic E-state index is 0.0588. The summed E-state index contributed by atoms with van der Waals surface area (Å²) in [4.78, 5) is 12.1. The van der Waals surface area contributed by atoms with Crippen LogP contribution in [-0.4, -0.2) is 35.9 Å². The highest BCUT2D eigenvalue weighted by molar-refractivity contribution is 5.80. The summed E-state index contributed by atoms with van der Waals surface area (Å²) >= 11 is 0. The van der Waals surface area contributed by atoms with Gasteiger partial charge in [0.15, 0.2) is 0 Å². The standard InChI is InChI=1S/C16H29NO3/c1-2-15(20-13-9-5-6-10-13)16(19)17-11-14(18)12-7-3-4-8-12/h12-15,18H,2-11H2,1H3,(H,17,19). The highest BCUT2D eigenvalue weighted by atomic mass is 16.5.